The quantitative estimate of drug-likeness (QED) is 0.601. The lowest BCUT2D eigenvalue weighted by Crippen LogP contribution is -2.29. The molecule has 1 aromatic heterocycles. The largest absolute Gasteiger partial charge is 0.497 e. The van der Waals surface area contributed by atoms with Crippen molar-refractivity contribution in [2.45, 2.75) is 25.6 Å². The van der Waals surface area contributed by atoms with Gasteiger partial charge in [-0.2, -0.15) is 0 Å². The molecule has 0 saturated carbocycles. The number of hydrogen-bond donors (Lipinski definition) is 0. The zero-order valence-electron chi connectivity index (χ0n) is 18.3. The molecule has 158 valence electrons. The van der Waals surface area contributed by atoms with E-state index < -0.39 is 0 Å². The van der Waals surface area contributed by atoms with Gasteiger partial charge in [-0.3, -0.25) is 4.90 Å². The first-order valence-electron chi connectivity index (χ1n) is 10.5. The van der Waals surface area contributed by atoms with Crippen LogP contribution in [0.15, 0.2) is 60.8 Å². The number of rotatable bonds is 6. The molecule has 2 aromatic carbocycles. The molecule has 5 heteroatoms. The number of ether oxygens (including phenoxy) is 2. The van der Waals surface area contributed by atoms with Gasteiger partial charge >= 0.3 is 0 Å². The molecule has 4 rings (SSSR count). The lowest BCUT2D eigenvalue weighted by atomic mass is 10.00. The summed E-state index contributed by atoms with van der Waals surface area (Å²) in [6.07, 6.45) is 3.31. The molecule has 2 heterocycles. The Labute approximate surface area is 179 Å². The van der Waals surface area contributed by atoms with Gasteiger partial charge in [0.05, 0.1) is 20.3 Å². The molecule has 0 bridgehead atoms. The molecule has 0 radical (unpaired) electrons. The van der Waals surface area contributed by atoms with Crippen LogP contribution >= 0.6 is 0 Å². The number of hydrogen-bond acceptors (Lipinski definition) is 4. The third-order valence-corrected chi connectivity index (χ3v) is 5.88. The Balaban J connectivity index is 1.73. The lowest BCUT2D eigenvalue weighted by molar-refractivity contribution is 0.219. The van der Waals surface area contributed by atoms with Gasteiger partial charge in [-0.15, -0.1) is 0 Å². The topological polar surface area (TPSA) is 29.9 Å². The minimum atomic E-state index is 0.139. The van der Waals surface area contributed by atoms with Gasteiger partial charge in [0.1, 0.15) is 11.5 Å². The molecule has 0 amide bonds. The molecule has 1 atom stereocenters. The van der Waals surface area contributed by atoms with Gasteiger partial charge in [0, 0.05) is 57.4 Å². The molecule has 1 unspecified atom stereocenters. The van der Waals surface area contributed by atoms with Crippen molar-refractivity contribution in [3.63, 3.8) is 0 Å². The van der Waals surface area contributed by atoms with Gasteiger partial charge in [-0.25, -0.2) is 0 Å². The summed E-state index contributed by atoms with van der Waals surface area (Å²) in [7, 11) is 7.56. The van der Waals surface area contributed by atoms with Crippen molar-refractivity contribution in [1.82, 2.24) is 9.47 Å². The first-order chi connectivity index (χ1) is 14.6. The molecule has 1 aliphatic heterocycles. The Kier molecular flexibility index (Phi) is 6.00. The zero-order chi connectivity index (χ0) is 21.1. The molecule has 0 N–H and O–H groups in total. The number of aromatic nitrogens is 1. The van der Waals surface area contributed by atoms with Crippen LogP contribution in [0.2, 0.25) is 0 Å². The van der Waals surface area contributed by atoms with E-state index >= 15 is 0 Å². The third kappa shape index (κ3) is 4.17. The fraction of sp³-hybridized carbons (Fsp3) is 0.360. The van der Waals surface area contributed by atoms with Gasteiger partial charge < -0.3 is 18.9 Å². The van der Waals surface area contributed by atoms with E-state index in [1.807, 2.05) is 6.07 Å². The molecule has 0 saturated heterocycles. The Morgan fingerprint density at radius 3 is 2.27 bits per heavy atom. The van der Waals surface area contributed by atoms with Crippen molar-refractivity contribution in [2.24, 2.45) is 0 Å². The fourth-order valence-electron chi connectivity index (χ4n) is 4.31. The number of benzene rings is 2. The van der Waals surface area contributed by atoms with Gasteiger partial charge in [0.15, 0.2) is 0 Å². The van der Waals surface area contributed by atoms with Crippen LogP contribution in [0.5, 0.6) is 11.5 Å². The van der Waals surface area contributed by atoms with Crippen LogP contribution in [-0.4, -0.2) is 44.3 Å². The van der Waals surface area contributed by atoms with E-state index in [-0.39, 0.29) is 6.04 Å². The Morgan fingerprint density at radius 2 is 1.63 bits per heavy atom. The molecule has 30 heavy (non-hydrogen) atoms. The Hall–Kier alpha value is -2.92. The highest BCUT2D eigenvalue weighted by Crippen LogP contribution is 2.36. The molecular weight excluding hydrogens is 374 g/mol. The molecule has 5 nitrogen and oxygen atoms in total. The van der Waals surface area contributed by atoms with Crippen LogP contribution in [0.25, 0.3) is 0 Å². The van der Waals surface area contributed by atoms with Gasteiger partial charge in [0.2, 0.25) is 0 Å². The van der Waals surface area contributed by atoms with Gasteiger partial charge in [-0.05, 0) is 53.9 Å². The summed E-state index contributed by atoms with van der Waals surface area (Å²) in [5.41, 5.74) is 5.05. The second kappa shape index (κ2) is 8.84. The molecule has 1 aliphatic rings. The van der Waals surface area contributed by atoms with Gasteiger partial charge in [-0.1, -0.05) is 12.1 Å². The summed E-state index contributed by atoms with van der Waals surface area (Å²) in [6, 6.07) is 19.6. The highest BCUT2D eigenvalue weighted by Gasteiger charge is 2.28. The number of nitrogens with zero attached hydrogens (tertiary/aromatic N) is 3. The monoisotopic (exact) mass is 405 g/mol. The van der Waals surface area contributed by atoms with Crippen molar-refractivity contribution in [2.75, 3.05) is 39.8 Å². The number of aryl methyl sites for hydroxylation is 1. The summed E-state index contributed by atoms with van der Waals surface area (Å²) >= 11 is 0. The van der Waals surface area contributed by atoms with E-state index in [0.717, 1.165) is 37.6 Å². The molecule has 0 spiro atoms. The Morgan fingerprint density at radius 1 is 0.933 bits per heavy atom. The minimum Gasteiger partial charge on any atom is -0.497 e. The maximum Gasteiger partial charge on any atom is 0.122 e. The maximum atomic E-state index is 5.57. The van der Waals surface area contributed by atoms with Crippen LogP contribution < -0.4 is 14.4 Å². The number of methoxy groups -OCH3 is 2. The molecular formula is C25H31N3O2. The summed E-state index contributed by atoms with van der Waals surface area (Å²) in [4.78, 5) is 4.70. The summed E-state index contributed by atoms with van der Waals surface area (Å²) < 4.78 is 13.5. The second-order valence-electron chi connectivity index (χ2n) is 8.06. The van der Waals surface area contributed by atoms with E-state index in [9.17, 15) is 0 Å². The molecule has 3 aromatic rings. The van der Waals surface area contributed by atoms with Crippen LogP contribution in [0.1, 0.15) is 29.3 Å². The summed E-state index contributed by atoms with van der Waals surface area (Å²) in [6.45, 7) is 2.96. The normalized spacial score (nSPS) is 16.6. The van der Waals surface area contributed by atoms with Gasteiger partial charge in [0.25, 0.3) is 0 Å². The predicted molar refractivity (Wildman–Crippen MR) is 122 cm³/mol. The SMILES string of the molecule is COc1cc(OC)cc(C2c3cccn3CCCN2Cc2ccc(N(C)C)cc2)c1. The van der Waals surface area contributed by atoms with E-state index in [1.165, 1.54) is 22.5 Å². The minimum absolute atomic E-state index is 0.139. The second-order valence-corrected chi connectivity index (χ2v) is 8.06. The van der Waals surface area contributed by atoms with Crippen molar-refractivity contribution in [1.29, 1.82) is 0 Å². The highest BCUT2D eigenvalue weighted by atomic mass is 16.5. The number of anilines is 1. The summed E-state index contributed by atoms with van der Waals surface area (Å²) in [5.74, 6) is 1.64. The average Bonchev–Trinajstić information content (AvgIpc) is 3.15. The highest BCUT2D eigenvalue weighted by molar-refractivity contribution is 5.46. The van der Waals surface area contributed by atoms with E-state index in [0.29, 0.717) is 0 Å². The maximum absolute atomic E-state index is 5.57. The van der Waals surface area contributed by atoms with Crippen molar-refractivity contribution >= 4 is 5.69 Å². The number of fused-ring (bicyclic) bond motifs is 1. The lowest BCUT2D eigenvalue weighted by Gasteiger charge is -2.31. The van der Waals surface area contributed by atoms with Crippen molar-refractivity contribution in [3.05, 3.63) is 77.6 Å². The average molecular weight is 406 g/mol. The van der Waals surface area contributed by atoms with E-state index in [1.54, 1.807) is 14.2 Å². The zero-order valence-corrected chi connectivity index (χ0v) is 18.3. The van der Waals surface area contributed by atoms with Crippen LogP contribution in [0.4, 0.5) is 5.69 Å². The predicted octanol–water partition coefficient (Wildman–Crippen LogP) is 4.57. The smallest absolute Gasteiger partial charge is 0.122 e. The van der Waals surface area contributed by atoms with Crippen molar-refractivity contribution < 1.29 is 9.47 Å². The van der Waals surface area contributed by atoms with Crippen LogP contribution in [0, 0.1) is 0 Å². The molecule has 0 aliphatic carbocycles. The van der Waals surface area contributed by atoms with E-state index in [2.05, 4.69) is 83.2 Å². The first-order valence-corrected chi connectivity index (χ1v) is 10.5. The third-order valence-electron chi connectivity index (χ3n) is 5.88. The van der Waals surface area contributed by atoms with Crippen LogP contribution in [-0.2, 0) is 13.1 Å². The Bertz CT molecular complexity index is 956. The van der Waals surface area contributed by atoms with Crippen LogP contribution in [0.3, 0.4) is 0 Å². The summed E-state index contributed by atoms with van der Waals surface area (Å²) in [5, 5.41) is 0. The first kappa shape index (κ1) is 20.4. The molecule has 0 fully saturated rings. The van der Waals surface area contributed by atoms with E-state index in [4.69, 9.17) is 9.47 Å². The standard InChI is InChI=1S/C25H31N3O2/c1-26(2)21-10-8-19(9-11-21)18-28-14-6-13-27-12-5-7-24(27)25(28)20-15-22(29-3)17-23(16-20)30-4/h5,7-12,15-17,25H,6,13-14,18H2,1-4H3. The van der Waals surface area contributed by atoms with Crippen molar-refractivity contribution in [3.8, 4) is 11.5 Å². The fourth-order valence-corrected chi connectivity index (χ4v) is 4.31.